The Morgan fingerprint density at radius 2 is 1.87 bits per heavy atom. The fourth-order valence-corrected chi connectivity index (χ4v) is 4.32. The van der Waals surface area contributed by atoms with Gasteiger partial charge in [-0.25, -0.2) is 4.39 Å². The van der Waals surface area contributed by atoms with E-state index >= 15 is 0 Å². The van der Waals surface area contributed by atoms with Gasteiger partial charge in [0.1, 0.15) is 18.2 Å². The normalized spacial score (nSPS) is 16.9. The van der Waals surface area contributed by atoms with Crippen LogP contribution in [0.3, 0.4) is 0 Å². The van der Waals surface area contributed by atoms with Crippen LogP contribution in [-0.4, -0.2) is 34.8 Å². The van der Waals surface area contributed by atoms with Crippen LogP contribution in [0.15, 0.2) is 36.7 Å². The quantitative estimate of drug-likeness (QED) is 0.310. The first-order valence-electron chi connectivity index (χ1n) is 13.7. The molecule has 0 aliphatic heterocycles. The Morgan fingerprint density at radius 3 is 2.42 bits per heavy atom. The number of fused-ring (bicyclic) bond motifs is 1. The van der Waals surface area contributed by atoms with E-state index in [1.165, 1.54) is 44.2 Å². The third-order valence-electron chi connectivity index (χ3n) is 6.68. The lowest BCUT2D eigenvalue weighted by Crippen LogP contribution is -2.18. The standard InChI is InChI=1S/C16H18FN3.C11H17NO.C2H4O.C2H6/c1-11-2-4-12(5-3-11)10-20-16-7-15(17)13(8-18)6-14(16)9-19-20;1-9(6-7-13-3)11-5-4-10(2)12-8-11;1-2-3;1-2/h6-7,9,11-12H,2-5,10H2,1H3;4-5,8-9H,6-7H2,1-3H3;2H,1H3;1-2H3. The van der Waals surface area contributed by atoms with Gasteiger partial charge in [0.15, 0.2) is 0 Å². The van der Waals surface area contributed by atoms with Gasteiger partial charge >= 0.3 is 0 Å². The molecular weight excluding hydrogens is 479 g/mol. The Labute approximate surface area is 228 Å². The smallest absolute Gasteiger partial charge is 0.143 e. The Hall–Kier alpha value is -3.11. The third kappa shape index (κ3) is 10.7. The molecule has 1 saturated carbocycles. The molecule has 1 atom stereocenters. The average Bonchev–Trinajstić information content (AvgIpc) is 3.31. The van der Waals surface area contributed by atoms with Crippen LogP contribution in [0.2, 0.25) is 0 Å². The maximum Gasteiger partial charge on any atom is 0.143 e. The third-order valence-corrected chi connectivity index (χ3v) is 6.68. The molecule has 0 radical (unpaired) electrons. The predicted octanol–water partition coefficient (Wildman–Crippen LogP) is 7.63. The number of halogens is 1. The molecule has 1 unspecified atom stereocenters. The highest BCUT2D eigenvalue weighted by Gasteiger charge is 2.20. The van der Waals surface area contributed by atoms with Gasteiger partial charge in [0.2, 0.25) is 0 Å². The van der Waals surface area contributed by atoms with Crippen molar-refractivity contribution >= 4 is 17.2 Å². The van der Waals surface area contributed by atoms with Crippen molar-refractivity contribution in [3.63, 3.8) is 0 Å². The number of carbonyl (C=O) groups is 1. The first kappa shape index (κ1) is 32.9. The summed E-state index contributed by atoms with van der Waals surface area (Å²) in [5.74, 6) is 1.54. The van der Waals surface area contributed by atoms with Crippen LogP contribution in [-0.2, 0) is 16.1 Å². The van der Waals surface area contributed by atoms with Crippen molar-refractivity contribution in [1.29, 1.82) is 5.26 Å². The van der Waals surface area contributed by atoms with Crippen LogP contribution < -0.4 is 0 Å². The number of hydrogen-bond acceptors (Lipinski definition) is 5. The van der Waals surface area contributed by atoms with Gasteiger partial charge in [-0.15, -0.1) is 0 Å². The summed E-state index contributed by atoms with van der Waals surface area (Å²) >= 11 is 0. The maximum atomic E-state index is 13.7. The number of aryl methyl sites for hydroxylation is 1. The van der Waals surface area contributed by atoms with Gasteiger partial charge in [0.25, 0.3) is 0 Å². The number of methoxy groups -OCH3 is 1. The van der Waals surface area contributed by atoms with Crippen LogP contribution in [0.5, 0.6) is 0 Å². The highest BCUT2D eigenvalue weighted by molar-refractivity contribution is 5.80. The van der Waals surface area contributed by atoms with Crippen molar-refractivity contribution in [1.82, 2.24) is 14.8 Å². The number of hydrogen-bond donors (Lipinski definition) is 0. The van der Waals surface area contributed by atoms with Crippen molar-refractivity contribution in [3.05, 3.63) is 59.3 Å². The van der Waals surface area contributed by atoms with Gasteiger partial charge in [-0.1, -0.05) is 46.6 Å². The van der Waals surface area contributed by atoms with E-state index in [0.717, 1.165) is 48.4 Å². The largest absolute Gasteiger partial charge is 0.385 e. The minimum Gasteiger partial charge on any atom is -0.385 e. The van der Waals surface area contributed by atoms with E-state index in [9.17, 15) is 4.39 Å². The maximum absolute atomic E-state index is 13.7. The molecule has 2 aromatic heterocycles. The Balaban J connectivity index is 0.000000347. The van der Waals surface area contributed by atoms with E-state index in [2.05, 4.69) is 36.1 Å². The molecule has 1 fully saturated rings. The minimum absolute atomic E-state index is 0.0866. The molecule has 208 valence electrons. The molecule has 0 bridgehead atoms. The highest BCUT2D eigenvalue weighted by atomic mass is 19.1. The van der Waals surface area contributed by atoms with Crippen LogP contribution in [0.1, 0.15) is 89.5 Å². The van der Waals surface area contributed by atoms with Gasteiger partial charge in [-0.3, -0.25) is 9.67 Å². The summed E-state index contributed by atoms with van der Waals surface area (Å²) in [6.45, 7) is 13.6. The predicted molar refractivity (Wildman–Crippen MR) is 152 cm³/mol. The fourth-order valence-electron chi connectivity index (χ4n) is 4.32. The molecular formula is C31H45FN4O2. The molecule has 1 aliphatic carbocycles. The van der Waals surface area contributed by atoms with E-state index in [1.54, 1.807) is 19.4 Å². The minimum atomic E-state index is -0.459. The molecule has 4 rings (SSSR count). The summed E-state index contributed by atoms with van der Waals surface area (Å²) in [5, 5.41) is 14.1. The van der Waals surface area contributed by atoms with Crippen molar-refractivity contribution in [2.24, 2.45) is 11.8 Å². The SMILES string of the molecule is CC.CC1CCC(Cn2ncc3cc(C#N)c(F)cc32)CC1.CC=O.COCCC(C)c1ccc(C)nc1. The van der Waals surface area contributed by atoms with Crippen LogP contribution in [0.25, 0.3) is 10.9 Å². The first-order valence-corrected chi connectivity index (χ1v) is 13.7. The van der Waals surface area contributed by atoms with Gasteiger partial charge in [-0.05, 0) is 68.6 Å². The average molecular weight is 525 g/mol. The van der Waals surface area contributed by atoms with Crippen molar-refractivity contribution < 1.29 is 13.9 Å². The number of aromatic nitrogens is 3. The molecule has 2 heterocycles. The molecule has 1 aliphatic rings. The van der Waals surface area contributed by atoms with Gasteiger partial charge in [0, 0.05) is 43.6 Å². The molecule has 0 N–H and O–H groups in total. The van der Waals surface area contributed by atoms with Gasteiger partial charge in [-0.2, -0.15) is 10.4 Å². The van der Waals surface area contributed by atoms with E-state index < -0.39 is 5.82 Å². The lowest BCUT2D eigenvalue weighted by molar-refractivity contribution is -0.106. The van der Waals surface area contributed by atoms with Crippen molar-refractivity contribution in [2.45, 2.75) is 86.1 Å². The molecule has 0 saturated heterocycles. The summed E-state index contributed by atoms with van der Waals surface area (Å²) in [5.41, 5.74) is 3.24. The zero-order valence-corrected chi connectivity index (χ0v) is 24.2. The number of rotatable bonds is 6. The summed E-state index contributed by atoms with van der Waals surface area (Å²) in [6, 6.07) is 9.08. The number of pyridine rings is 1. The molecule has 3 aromatic rings. The Bertz CT molecular complexity index is 1110. The first-order chi connectivity index (χ1) is 18.3. The number of benzene rings is 1. The fraction of sp³-hybridized carbons (Fsp3) is 0.548. The molecule has 7 heteroatoms. The Morgan fingerprint density at radius 1 is 1.21 bits per heavy atom. The summed E-state index contributed by atoms with van der Waals surface area (Å²) in [7, 11) is 1.74. The summed E-state index contributed by atoms with van der Waals surface area (Å²) < 4.78 is 20.7. The molecule has 38 heavy (non-hydrogen) atoms. The topological polar surface area (TPSA) is 80.8 Å². The number of nitriles is 1. The second-order valence-electron chi connectivity index (χ2n) is 9.61. The molecule has 1 aromatic carbocycles. The zero-order valence-electron chi connectivity index (χ0n) is 24.2. The second-order valence-corrected chi connectivity index (χ2v) is 9.61. The second kappa shape index (κ2) is 18.2. The van der Waals surface area contributed by atoms with E-state index in [1.807, 2.05) is 37.7 Å². The monoisotopic (exact) mass is 524 g/mol. The zero-order chi connectivity index (χ0) is 28.5. The van der Waals surface area contributed by atoms with Crippen LogP contribution >= 0.6 is 0 Å². The molecule has 0 spiro atoms. The van der Waals surface area contributed by atoms with E-state index in [-0.39, 0.29) is 5.56 Å². The summed E-state index contributed by atoms with van der Waals surface area (Å²) in [6.07, 6.45) is 10.5. The van der Waals surface area contributed by atoms with E-state index in [4.69, 9.17) is 14.8 Å². The summed E-state index contributed by atoms with van der Waals surface area (Å²) in [4.78, 5) is 13.1. The van der Waals surface area contributed by atoms with Crippen molar-refractivity contribution in [2.75, 3.05) is 13.7 Å². The molecule has 0 amide bonds. The molecule has 6 nitrogen and oxygen atoms in total. The van der Waals surface area contributed by atoms with Crippen molar-refractivity contribution in [3.8, 4) is 6.07 Å². The lowest BCUT2D eigenvalue weighted by atomic mass is 9.83. The van der Waals surface area contributed by atoms with Crippen LogP contribution in [0.4, 0.5) is 4.39 Å². The van der Waals surface area contributed by atoms with Gasteiger partial charge in [0.05, 0.1) is 17.3 Å². The Kier molecular flexibility index (Phi) is 15.8. The number of aldehydes is 1. The number of ether oxygens (including phenoxy) is 1. The van der Waals surface area contributed by atoms with E-state index in [0.29, 0.717) is 11.8 Å². The number of carbonyl (C=O) groups excluding carboxylic acids is 1. The van der Waals surface area contributed by atoms with Crippen LogP contribution in [0, 0.1) is 35.9 Å². The lowest BCUT2D eigenvalue weighted by Gasteiger charge is -2.26. The highest BCUT2D eigenvalue weighted by Crippen LogP contribution is 2.30. The number of nitrogens with zero attached hydrogens (tertiary/aromatic N) is 4. The van der Waals surface area contributed by atoms with Gasteiger partial charge < -0.3 is 9.53 Å².